The smallest absolute Gasteiger partial charge is 0.308 e. The van der Waals surface area contributed by atoms with Crippen molar-refractivity contribution >= 4 is 5.97 Å². The molecule has 370 valence electrons. The van der Waals surface area contributed by atoms with E-state index in [9.17, 15) is 25.2 Å². The largest absolute Gasteiger partial charge is 0.481 e. The first-order chi connectivity index (χ1) is 30.0. The summed E-state index contributed by atoms with van der Waals surface area (Å²) in [7, 11) is 6.37. The Morgan fingerprint density at radius 2 is 1.45 bits per heavy atom. The lowest BCUT2D eigenvalue weighted by atomic mass is 9.75. The molecule has 0 saturated carbocycles. The van der Waals surface area contributed by atoms with Gasteiger partial charge in [0.25, 0.3) is 0 Å². The predicted octanol–water partition coefficient (Wildman–Crippen LogP) is 4.32. The molecule has 7 heterocycles. The van der Waals surface area contributed by atoms with E-state index in [1.807, 2.05) is 34.6 Å². The van der Waals surface area contributed by atoms with Gasteiger partial charge < -0.3 is 77.3 Å². The molecule has 7 saturated heterocycles. The average molecular weight is 917 g/mol. The van der Waals surface area contributed by atoms with E-state index in [1.165, 1.54) is 14.2 Å². The summed E-state index contributed by atoms with van der Waals surface area (Å²) in [4.78, 5) is 11.9. The first-order valence-electron chi connectivity index (χ1n) is 23.8. The van der Waals surface area contributed by atoms with Crippen molar-refractivity contribution in [3.8, 4) is 0 Å². The first kappa shape index (κ1) is 50.7. The number of carboxylic acid groups (broad SMARTS) is 1. The monoisotopic (exact) mass is 917 g/mol. The molecule has 0 bridgehead atoms. The lowest BCUT2D eigenvalue weighted by molar-refractivity contribution is -0.365. The molecule has 1 spiro atoms. The summed E-state index contributed by atoms with van der Waals surface area (Å²) in [6.07, 6.45) is -3.18. The van der Waals surface area contributed by atoms with Crippen LogP contribution in [0.3, 0.4) is 0 Å². The van der Waals surface area contributed by atoms with Crippen LogP contribution in [0.1, 0.15) is 120 Å². The zero-order chi connectivity index (χ0) is 46.9. The Morgan fingerprint density at radius 1 is 0.766 bits per heavy atom. The summed E-state index contributed by atoms with van der Waals surface area (Å²) < 4.78 is 77.6. The van der Waals surface area contributed by atoms with E-state index in [0.717, 1.165) is 6.42 Å². The molecule has 17 heteroatoms. The molecular formula is C47H80O17. The fourth-order valence-electron chi connectivity index (χ4n) is 12.7. The summed E-state index contributed by atoms with van der Waals surface area (Å²) >= 11 is 0. The fourth-order valence-corrected chi connectivity index (χ4v) is 12.7. The molecule has 0 amide bonds. The number of methoxy groups -OCH3 is 4. The number of carbonyl (C=O) groups is 1. The second-order valence-corrected chi connectivity index (χ2v) is 21.3. The van der Waals surface area contributed by atoms with Crippen molar-refractivity contribution in [2.75, 3.05) is 28.4 Å². The number of hydrogen-bond acceptors (Lipinski definition) is 16. The molecule has 0 aromatic carbocycles. The minimum Gasteiger partial charge on any atom is -0.481 e. The number of rotatable bonds is 13. The summed E-state index contributed by atoms with van der Waals surface area (Å²) in [5, 5.41) is 44.3. The van der Waals surface area contributed by atoms with Crippen molar-refractivity contribution in [1.29, 1.82) is 0 Å². The van der Waals surface area contributed by atoms with Gasteiger partial charge in [-0.3, -0.25) is 4.79 Å². The molecule has 0 aromatic rings. The topological polar surface area (TPSA) is 209 Å². The summed E-state index contributed by atoms with van der Waals surface area (Å²) in [6, 6.07) is 0. The van der Waals surface area contributed by atoms with Crippen LogP contribution in [-0.2, 0) is 61.6 Å². The van der Waals surface area contributed by atoms with Crippen LogP contribution in [0, 0.1) is 29.6 Å². The van der Waals surface area contributed by atoms with E-state index in [4.69, 9.17) is 56.8 Å². The second kappa shape index (κ2) is 19.0. The van der Waals surface area contributed by atoms with Crippen molar-refractivity contribution in [3.63, 3.8) is 0 Å². The second-order valence-electron chi connectivity index (χ2n) is 21.3. The zero-order valence-electron chi connectivity index (χ0n) is 40.4. The third-order valence-electron chi connectivity index (χ3n) is 16.8. The molecule has 1 unspecified atom stereocenters. The lowest BCUT2D eigenvalue weighted by Crippen LogP contribution is -2.65. The van der Waals surface area contributed by atoms with Gasteiger partial charge in [0.2, 0.25) is 0 Å². The Hall–Kier alpha value is -1.13. The fraction of sp³-hybridized carbons (Fsp3) is 0.979. The number of aliphatic hydroxyl groups is 3. The maximum absolute atomic E-state index is 11.9. The Morgan fingerprint density at radius 3 is 2.09 bits per heavy atom. The number of aliphatic hydroxyl groups excluding tert-OH is 1. The van der Waals surface area contributed by atoms with Crippen LogP contribution in [0.5, 0.6) is 0 Å². The highest BCUT2D eigenvalue weighted by Crippen LogP contribution is 2.55. The first-order valence-corrected chi connectivity index (χ1v) is 23.8. The van der Waals surface area contributed by atoms with Crippen LogP contribution >= 0.6 is 0 Å². The van der Waals surface area contributed by atoms with Gasteiger partial charge in [0, 0.05) is 77.8 Å². The van der Waals surface area contributed by atoms with Gasteiger partial charge in [0.1, 0.15) is 18.3 Å². The molecular weight excluding hydrogens is 836 g/mol. The molecule has 0 aliphatic carbocycles. The minimum absolute atomic E-state index is 0.0406. The van der Waals surface area contributed by atoms with E-state index >= 15 is 0 Å². The summed E-state index contributed by atoms with van der Waals surface area (Å²) in [6.45, 7) is 17.5. The highest BCUT2D eigenvalue weighted by Gasteiger charge is 2.64. The van der Waals surface area contributed by atoms with Gasteiger partial charge in [-0.15, -0.1) is 0 Å². The molecule has 4 N–H and O–H groups in total. The van der Waals surface area contributed by atoms with Crippen LogP contribution in [0.25, 0.3) is 0 Å². The number of hydrogen-bond donors (Lipinski definition) is 4. The standard InChI is InChI=1S/C47H80O17/c1-23-18-24(2)45(9,51)61-36(23)31-19-32(58-35-20-30(53-10)40(55-12)28(6)57-35)42(59-31)44(8)15-14-33(60-44)43(7)16-17-46(64-43)21-29(48)25(3)37(62-46)26(4)38-41(56-13)39(54-11)27(5)47(52,63-38)22-34(49)50/h23-33,35-42,48,51-52H,14-22H2,1-13H3,(H,49,50)/t23-,24+,25+,26-,27-,28-,29-,30-,31+,32-,33?,35+,36-,37-,38-,39-,40-,41-,42+,43-,44-,45-,46+,47+/m0/s1. The molecule has 64 heavy (non-hydrogen) atoms. The molecule has 7 aliphatic rings. The van der Waals surface area contributed by atoms with Crippen molar-refractivity contribution in [2.45, 2.75) is 234 Å². The van der Waals surface area contributed by atoms with Gasteiger partial charge in [0.05, 0.1) is 78.7 Å². The number of ether oxygens (including phenoxy) is 12. The van der Waals surface area contributed by atoms with Crippen LogP contribution < -0.4 is 0 Å². The molecule has 24 atom stereocenters. The Bertz CT molecular complexity index is 1600. The highest BCUT2D eigenvalue weighted by molar-refractivity contribution is 5.68. The minimum atomic E-state index is -2.03. The molecule has 0 aromatic heterocycles. The predicted molar refractivity (Wildman–Crippen MR) is 228 cm³/mol. The summed E-state index contributed by atoms with van der Waals surface area (Å²) in [5.41, 5.74) is -1.60. The van der Waals surface area contributed by atoms with Crippen LogP contribution in [0.4, 0.5) is 0 Å². The molecule has 7 rings (SSSR count). The van der Waals surface area contributed by atoms with Crippen molar-refractivity contribution < 1.29 is 82.1 Å². The van der Waals surface area contributed by atoms with Crippen LogP contribution in [0.15, 0.2) is 0 Å². The van der Waals surface area contributed by atoms with Crippen molar-refractivity contribution in [3.05, 3.63) is 0 Å². The molecule has 17 nitrogen and oxygen atoms in total. The van der Waals surface area contributed by atoms with Gasteiger partial charge in [-0.25, -0.2) is 0 Å². The molecule has 7 fully saturated rings. The average Bonchev–Trinajstić information content (AvgIpc) is 3.94. The zero-order valence-corrected chi connectivity index (χ0v) is 40.4. The Labute approximate surface area is 379 Å². The number of carboxylic acids is 1. The summed E-state index contributed by atoms with van der Waals surface area (Å²) in [5.74, 6) is -7.18. The van der Waals surface area contributed by atoms with Gasteiger partial charge in [-0.05, 0) is 59.3 Å². The van der Waals surface area contributed by atoms with E-state index in [0.29, 0.717) is 38.5 Å². The van der Waals surface area contributed by atoms with E-state index < -0.39 is 102 Å². The molecule has 0 radical (unpaired) electrons. The third kappa shape index (κ3) is 9.46. The Kier molecular flexibility index (Phi) is 15.1. The highest BCUT2D eigenvalue weighted by atomic mass is 16.7. The maximum Gasteiger partial charge on any atom is 0.308 e. The van der Waals surface area contributed by atoms with Crippen molar-refractivity contribution in [2.24, 2.45) is 29.6 Å². The van der Waals surface area contributed by atoms with Crippen molar-refractivity contribution in [1.82, 2.24) is 0 Å². The SMILES string of the molecule is CO[C@@H]1[C@@H](OC)[C@H](C)[C@@](O)(CC(=O)O)O[C@H]1[C@@H](C)[C@H]1O[C@@]2(CC[C@@](C)(C3CC[C@@](C)([C@@H]4O[C@@H]([C@H]5O[C@](C)(O)[C@H](C)C[C@@H]5C)C[C@@H]4O[C@@H]4C[C@H](OC)[C@@H](OC)[C@H](C)O4)O3)O2)C[C@H](O)[C@H]1C. The van der Waals surface area contributed by atoms with Gasteiger partial charge in [0.15, 0.2) is 23.7 Å². The third-order valence-corrected chi connectivity index (χ3v) is 16.8. The maximum atomic E-state index is 11.9. The van der Waals surface area contributed by atoms with Crippen LogP contribution in [-0.4, -0.2) is 169 Å². The van der Waals surface area contributed by atoms with Gasteiger partial charge in [-0.2, -0.15) is 0 Å². The van der Waals surface area contributed by atoms with Gasteiger partial charge >= 0.3 is 5.97 Å². The van der Waals surface area contributed by atoms with E-state index in [2.05, 4.69) is 13.8 Å². The Balaban J connectivity index is 1.09. The number of aliphatic carboxylic acids is 1. The normalized spacial score (nSPS) is 54.1. The van der Waals surface area contributed by atoms with E-state index in [-0.39, 0.29) is 60.8 Å². The lowest BCUT2D eigenvalue weighted by Gasteiger charge is -2.53. The molecule has 7 aliphatic heterocycles. The van der Waals surface area contributed by atoms with Gasteiger partial charge in [-0.1, -0.05) is 34.6 Å². The quantitative estimate of drug-likeness (QED) is 0.203. The van der Waals surface area contributed by atoms with Crippen LogP contribution in [0.2, 0.25) is 0 Å². The van der Waals surface area contributed by atoms with E-state index in [1.54, 1.807) is 28.1 Å².